The molecule has 0 N–H and O–H groups in total. The molecule has 0 unspecified atom stereocenters. The number of carbonyl (C=O) groups excluding carboxylic acids is 3. The molecule has 0 atom stereocenters. The van der Waals surface area contributed by atoms with Gasteiger partial charge in [0.05, 0.1) is 30.1 Å². The van der Waals surface area contributed by atoms with Crippen LogP contribution in [0.2, 0.25) is 0 Å². The molecule has 1 aliphatic rings. The van der Waals surface area contributed by atoms with E-state index in [1.165, 1.54) is 18.9 Å². The number of benzene rings is 2. The lowest BCUT2D eigenvalue weighted by Crippen LogP contribution is -2.31. The summed E-state index contributed by atoms with van der Waals surface area (Å²) in [5, 5.41) is 8.92. The third-order valence-corrected chi connectivity index (χ3v) is 6.97. The van der Waals surface area contributed by atoms with Gasteiger partial charge in [0.1, 0.15) is 4.32 Å². The van der Waals surface area contributed by atoms with Gasteiger partial charge in [0.25, 0.3) is 5.91 Å². The smallest absolute Gasteiger partial charge is 0.337 e. The van der Waals surface area contributed by atoms with Crippen molar-refractivity contribution in [1.29, 1.82) is 5.26 Å². The molecule has 0 spiro atoms. The highest BCUT2D eigenvalue weighted by Gasteiger charge is 2.31. The van der Waals surface area contributed by atoms with Gasteiger partial charge in [-0.2, -0.15) is 5.26 Å². The molecule has 0 saturated carbocycles. The van der Waals surface area contributed by atoms with E-state index < -0.39 is 5.97 Å². The number of nitrogens with zero attached hydrogens (tertiary/aromatic N) is 3. The molecule has 36 heavy (non-hydrogen) atoms. The van der Waals surface area contributed by atoms with Crippen molar-refractivity contribution in [3.8, 4) is 6.07 Å². The molecule has 9 heteroatoms. The lowest BCUT2D eigenvalue weighted by atomic mass is 10.1. The second-order valence-corrected chi connectivity index (χ2v) is 9.72. The predicted molar refractivity (Wildman–Crippen MR) is 145 cm³/mol. The molecule has 0 bridgehead atoms. The van der Waals surface area contributed by atoms with E-state index in [2.05, 4.69) is 6.07 Å². The van der Waals surface area contributed by atoms with Crippen LogP contribution in [0.15, 0.2) is 59.5 Å². The molecule has 1 heterocycles. The third kappa shape index (κ3) is 7.26. The standard InChI is InChI=1S/C27H27N3O4S2/c1-34-26(33)21-14-12-20(13-15-21)19-23-25(32)30(27(35)36-23)17-7-3-6-11-24(31)29(18-8-16-28)22-9-4-2-5-10-22/h2,4-5,9-10,12-15,19H,3,6-8,11,17-18H2,1H3. The van der Waals surface area contributed by atoms with Gasteiger partial charge in [-0.3, -0.25) is 14.5 Å². The molecule has 0 aliphatic carbocycles. The number of hydrogen-bond acceptors (Lipinski definition) is 7. The number of thioether (sulfide) groups is 1. The number of esters is 1. The lowest BCUT2D eigenvalue weighted by Gasteiger charge is -2.22. The van der Waals surface area contributed by atoms with Crippen molar-refractivity contribution in [2.24, 2.45) is 0 Å². The first-order valence-corrected chi connectivity index (χ1v) is 12.8. The number of unbranched alkanes of at least 4 members (excludes halogenated alkanes) is 2. The number of hydrogen-bond donors (Lipinski definition) is 0. The van der Waals surface area contributed by atoms with Gasteiger partial charge >= 0.3 is 5.97 Å². The number of nitriles is 1. The van der Waals surface area contributed by atoms with E-state index in [1.54, 1.807) is 40.1 Å². The van der Waals surface area contributed by atoms with Crippen LogP contribution in [0.5, 0.6) is 0 Å². The zero-order valence-corrected chi connectivity index (χ0v) is 21.6. The molecule has 1 saturated heterocycles. The van der Waals surface area contributed by atoms with Crippen LogP contribution in [0, 0.1) is 11.3 Å². The summed E-state index contributed by atoms with van der Waals surface area (Å²) < 4.78 is 5.22. The first-order valence-electron chi connectivity index (χ1n) is 11.6. The average molecular weight is 522 g/mol. The Morgan fingerprint density at radius 3 is 2.50 bits per heavy atom. The molecule has 186 valence electrons. The fourth-order valence-electron chi connectivity index (χ4n) is 3.70. The number of ether oxygens (including phenoxy) is 1. The van der Waals surface area contributed by atoms with Crippen molar-refractivity contribution < 1.29 is 19.1 Å². The summed E-state index contributed by atoms with van der Waals surface area (Å²) in [6.45, 7) is 0.863. The summed E-state index contributed by atoms with van der Waals surface area (Å²) in [4.78, 5) is 41.0. The lowest BCUT2D eigenvalue weighted by molar-refractivity contribution is -0.122. The minimum atomic E-state index is -0.412. The highest BCUT2D eigenvalue weighted by atomic mass is 32.2. The van der Waals surface area contributed by atoms with Gasteiger partial charge in [-0.1, -0.05) is 60.7 Å². The minimum absolute atomic E-state index is 0.0109. The fraction of sp³-hybridized carbons (Fsp3) is 0.296. The van der Waals surface area contributed by atoms with Crippen LogP contribution in [0.25, 0.3) is 6.08 Å². The zero-order valence-electron chi connectivity index (χ0n) is 20.0. The van der Waals surface area contributed by atoms with Crippen LogP contribution < -0.4 is 4.90 Å². The Morgan fingerprint density at radius 2 is 1.83 bits per heavy atom. The van der Waals surface area contributed by atoms with Gasteiger partial charge in [0, 0.05) is 25.2 Å². The molecule has 2 aromatic rings. The van der Waals surface area contributed by atoms with E-state index in [0.29, 0.717) is 40.7 Å². The Morgan fingerprint density at radius 1 is 1.11 bits per heavy atom. The van der Waals surface area contributed by atoms with Crippen molar-refractivity contribution in [1.82, 2.24) is 4.90 Å². The number of rotatable bonds is 11. The van der Waals surface area contributed by atoms with Gasteiger partial charge in [0.2, 0.25) is 5.91 Å². The largest absolute Gasteiger partial charge is 0.465 e. The number of methoxy groups -OCH3 is 1. The number of anilines is 1. The molecule has 7 nitrogen and oxygen atoms in total. The molecule has 2 amide bonds. The van der Waals surface area contributed by atoms with Gasteiger partial charge in [-0.05, 0) is 48.7 Å². The number of thiocarbonyl (C=S) groups is 1. The van der Waals surface area contributed by atoms with Crippen LogP contribution in [0.4, 0.5) is 5.69 Å². The van der Waals surface area contributed by atoms with Crippen molar-refractivity contribution in [2.45, 2.75) is 32.1 Å². The van der Waals surface area contributed by atoms with E-state index in [0.717, 1.165) is 24.1 Å². The quantitative estimate of drug-likeness (QED) is 0.174. The summed E-state index contributed by atoms with van der Waals surface area (Å²) in [5.74, 6) is -0.558. The molecule has 0 radical (unpaired) electrons. The van der Waals surface area contributed by atoms with Crippen LogP contribution in [0.1, 0.15) is 48.0 Å². The SMILES string of the molecule is COC(=O)c1ccc(C=C2SC(=S)N(CCCCCC(=O)N(CCC#N)c3ccccc3)C2=O)cc1. The predicted octanol–water partition coefficient (Wildman–Crippen LogP) is 5.18. The van der Waals surface area contributed by atoms with E-state index >= 15 is 0 Å². The second-order valence-electron chi connectivity index (χ2n) is 8.05. The highest BCUT2D eigenvalue weighted by molar-refractivity contribution is 8.26. The van der Waals surface area contributed by atoms with Crippen molar-refractivity contribution in [2.75, 3.05) is 25.1 Å². The first-order chi connectivity index (χ1) is 17.4. The number of carbonyl (C=O) groups is 3. The summed E-state index contributed by atoms with van der Waals surface area (Å²) in [5.41, 5.74) is 2.03. The maximum Gasteiger partial charge on any atom is 0.337 e. The monoisotopic (exact) mass is 521 g/mol. The van der Waals surface area contributed by atoms with E-state index in [-0.39, 0.29) is 18.2 Å². The Balaban J connectivity index is 1.48. The van der Waals surface area contributed by atoms with E-state index in [9.17, 15) is 14.4 Å². The Bertz CT molecular complexity index is 1170. The summed E-state index contributed by atoms with van der Waals surface area (Å²) in [6, 6.07) is 18.3. The molecular formula is C27H27N3O4S2. The number of para-hydroxylation sites is 1. The highest BCUT2D eigenvalue weighted by Crippen LogP contribution is 2.33. The van der Waals surface area contributed by atoms with E-state index in [1.807, 2.05) is 30.3 Å². The van der Waals surface area contributed by atoms with E-state index in [4.69, 9.17) is 22.2 Å². The van der Waals surface area contributed by atoms with Crippen LogP contribution in [-0.2, 0) is 14.3 Å². The Hall–Kier alpha value is -3.48. The second kappa shape index (κ2) is 13.6. The molecule has 1 aliphatic heterocycles. The molecule has 2 aromatic carbocycles. The summed E-state index contributed by atoms with van der Waals surface area (Å²) in [6.07, 6.45) is 4.60. The third-order valence-electron chi connectivity index (χ3n) is 5.59. The van der Waals surface area contributed by atoms with Gasteiger partial charge in [-0.15, -0.1) is 0 Å². The zero-order chi connectivity index (χ0) is 25.9. The van der Waals surface area contributed by atoms with Gasteiger partial charge in [0.15, 0.2) is 0 Å². The topological polar surface area (TPSA) is 90.7 Å². The molecule has 0 aromatic heterocycles. The molecular weight excluding hydrogens is 494 g/mol. The fourth-order valence-corrected chi connectivity index (χ4v) is 5.01. The van der Waals surface area contributed by atoms with Crippen molar-refractivity contribution >= 4 is 57.8 Å². The van der Waals surface area contributed by atoms with Gasteiger partial charge < -0.3 is 9.64 Å². The number of amides is 2. The van der Waals surface area contributed by atoms with Crippen LogP contribution >= 0.6 is 24.0 Å². The van der Waals surface area contributed by atoms with Crippen molar-refractivity contribution in [3.63, 3.8) is 0 Å². The molecule has 1 fully saturated rings. The average Bonchev–Trinajstić information content (AvgIpc) is 3.16. The summed E-state index contributed by atoms with van der Waals surface area (Å²) in [7, 11) is 1.33. The Labute approximate surface area is 220 Å². The van der Waals surface area contributed by atoms with Crippen molar-refractivity contribution in [3.05, 3.63) is 70.6 Å². The summed E-state index contributed by atoms with van der Waals surface area (Å²) >= 11 is 6.67. The maximum atomic E-state index is 12.8. The normalized spacial score (nSPS) is 14.1. The van der Waals surface area contributed by atoms with Crippen LogP contribution in [-0.4, -0.2) is 47.2 Å². The minimum Gasteiger partial charge on any atom is -0.465 e. The first kappa shape index (κ1) is 27.1. The maximum absolute atomic E-state index is 12.8. The van der Waals surface area contributed by atoms with Crippen LogP contribution in [0.3, 0.4) is 0 Å². The molecule has 3 rings (SSSR count). The van der Waals surface area contributed by atoms with Gasteiger partial charge in [-0.25, -0.2) is 4.79 Å². The Kier molecular flexibility index (Phi) is 10.2.